The molecular weight excluding hydrogens is 307 g/mol. The molecule has 1 aromatic carbocycles. The minimum absolute atomic E-state index is 0.235. The first-order valence-electron chi connectivity index (χ1n) is 7.61. The van der Waals surface area contributed by atoms with E-state index in [0.717, 1.165) is 17.0 Å². The van der Waals surface area contributed by atoms with E-state index in [2.05, 4.69) is 25.2 Å². The highest BCUT2D eigenvalue weighted by Gasteiger charge is 2.46. The van der Waals surface area contributed by atoms with Crippen molar-refractivity contribution >= 4 is 14.0 Å². The Labute approximate surface area is 130 Å². The number of rotatable bonds is 4. The lowest BCUT2D eigenvalue weighted by atomic mass is 10.2. The molecule has 0 N–H and O–H groups in total. The molecule has 0 aromatic heterocycles. The molecule has 2 rings (SSSR count). The second-order valence-electron chi connectivity index (χ2n) is 6.82. The van der Waals surface area contributed by atoms with Crippen LogP contribution < -0.4 is 0 Å². The first kappa shape index (κ1) is 17.1. The average Bonchev–Trinajstić information content (AvgIpc) is 2.84. The van der Waals surface area contributed by atoms with Crippen LogP contribution in [-0.4, -0.2) is 37.6 Å². The van der Waals surface area contributed by atoms with Gasteiger partial charge in [0.05, 0.1) is 8.07 Å². The van der Waals surface area contributed by atoms with Crippen LogP contribution in [0.4, 0.5) is 13.2 Å². The molecule has 0 bridgehead atoms. The largest absolute Gasteiger partial charge is 0.471 e. The van der Waals surface area contributed by atoms with Gasteiger partial charge in [-0.3, -0.25) is 4.79 Å². The van der Waals surface area contributed by atoms with Crippen LogP contribution in [0.3, 0.4) is 0 Å². The van der Waals surface area contributed by atoms with Crippen LogP contribution in [0.1, 0.15) is 18.4 Å². The maximum absolute atomic E-state index is 12.7. The van der Waals surface area contributed by atoms with E-state index in [-0.39, 0.29) is 12.6 Å². The van der Waals surface area contributed by atoms with Crippen LogP contribution in [-0.2, 0) is 10.8 Å². The first-order chi connectivity index (χ1) is 10.2. The molecule has 1 aliphatic rings. The van der Waals surface area contributed by atoms with E-state index >= 15 is 0 Å². The lowest BCUT2D eigenvalue weighted by Gasteiger charge is -2.32. The van der Waals surface area contributed by atoms with Gasteiger partial charge < -0.3 is 4.90 Å². The topological polar surface area (TPSA) is 20.3 Å². The standard InChI is InChI=1S/C16H22F3NOSi/c1-22(2,11-13-7-4-3-5-8-13)12-14-9-6-10-20(14)15(21)16(17,18)19/h3-5,7-8,14H,6,9-12H2,1-2H3. The zero-order valence-electron chi connectivity index (χ0n) is 13.0. The van der Waals surface area contributed by atoms with Crippen molar-refractivity contribution in [3.8, 4) is 0 Å². The van der Waals surface area contributed by atoms with Crippen molar-refractivity contribution in [2.45, 2.75) is 50.2 Å². The van der Waals surface area contributed by atoms with E-state index in [1.807, 2.05) is 18.2 Å². The van der Waals surface area contributed by atoms with Gasteiger partial charge in [0.2, 0.25) is 0 Å². The number of likely N-dealkylation sites (tertiary alicyclic amines) is 1. The number of hydrogen-bond donors (Lipinski definition) is 0. The zero-order chi connectivity index (χ0) is 16.4. The molecule has 0 aliphatic carbocycles. The minimum atomic E-state index is -4.76. The third-order valence-corrected chi connectivity index (χ3v) is 7.14. The van der Waals surface area contributed by atoms with Crippen molar-refractivity contribution < 1.29 is 18.0 Å². The Kier molecular flexibility index (Phi) is 4.99. The van der Waals surface area contributed by atoms with Gasteiger partial charge >= 0.3 is 12.1 Å². The van der Waals surface area contributed by atoms with Crippen LogP contribution in [0, 0.1) is 0 Å². The fraction of sp³-hybridized carbons (Fsp3) is 0.562. The molecule has 122 valence electrons. The predicted molar refractivity (Wildman–Crippen MR) is 83.2 cm³/mol. The molecule has 2 nitrogen and oxygen atoms in total. The summed E-state index contributed by atoms with van der Waals surface area (Å²) in [5, 5.41) is 0. The number of amides is 1. The second-order valence-corrected chi connectivity index (χ2v) is 11.9. The lowest BCUT2D eigenvalue weighted by molar-refractivity contribution is -0.186. The molecule has 0 radical (unpaired) electrons. The van der Waals surface area contributed by atoms with E-state index in [0.29, 0.717) is 12.8 Å². The Hall–Kier alpha value is -1.30. The highest BCUT2D eigenvalue weighted by atomic mass is 28.3. The maximum Gasteiger partial charge on any atom is 0.471 e. The maximum atomic E-state index is 12.7. The molecule has 1 fully saturated rings. The molecule has 22 heavy (non-hydrogen) atoms. The van der Waals surface area contributed by atoms with Crippen molar-refractivity contribution in [1.82, 2.24) is 4.90 Å². The quantitative estimate of drug-likeness (QED) is 0.764. The van der Waals surface area contributed by atoms with E-state index in [1.54, 1.807) is 0 Å². The van der Waals surface area contributed by atoms with Crippen molar-refractivity contribution in [3.63, 3.8) is 0 Å². The molecule has 1 atom stereocenters. The number of carbonyl (C=O) groups is 1. The summed E-state index contributed by atoms with van der Waals surface area (Å²) < 4.78 is 38.0. The molecule has 1 saturated heterocycles. The SMILES string of the molecule is C[Si](C)(Cc1ccccc1)CC1CCCN1C(=O)C(F)(F)F. The number of hydrogen-bond acceptors (Lipinski definition) is 1. The van der Waals surface area contributed by atoms with Crippen molar-refractivity contribution in [2.24, 2.45) is 0 Å². The average molecular weight is 329 g/mol. The number of carbonyl (C=O) groups excluding carboxylic acids is 1. The van der Waals surface area contributed by atoms with Crippen molar-refractivity contribution in [1.29, 1.82) is 0 Å². The smallest absolute Gasteiger partial charge is 0.332 e. The van der Waals surface area contributed by atoms with Crippen LogP contribution >= 0.6 is 0 Å². The van der Waals surface area contributed by atoms with Gasteiger partial charge in [-0.2, -0.15) is 13.2 Å². The van der Waals surface area contributed by atoms with Crippen LogP contribution in [0.2, 0.25) is 19.1 Å². The van der Waals surface area contributed by atoms with Crippen LogP contribution in [0.5, 0.6) is 0 Å². The Morgan fingerprint density at radius 3 is 2.50 bits per heavy atom. The van der Waals surface area contributed by atoms with Gasteiger partial charge in [-0.25, -0.2) is 0 Å². The van der Waals surface area contributed by atoms with Crippen LogP contribution in [0.15, 0.2) is 30.3 Å². The summed E-state index contributed by atoms with van der Waals surface area (Å²) in [4.78, 5) is 12.6. The van der Waals surface area contributed by atoms with Gasteiger partial charge in [0, 0.05) is 12.6 Å². The fourth-order valence-electron chi connectivity index (χ4n) is 3.34. The summed E-state index contributed by atoms with van der Waals surface area (Å²) in [6.07, 6.45) is -3.40. The van der Waals surface area contributed by atoms with E-state index in [4.69, 9.17) is 0 Å². The molecular formula is C16H22F3NOSi. The summed E-state index contributed by atoms with van der Waals surface area (Å²) in [5.41, 5.74) is 1.23. The van der Waals surface area contributed by atoms with E-state index in [1.165, 1.54) is 5.56 Å². The van der Waals surface area contributed by atoms with Gasteiger partial charge in [0.15, 0.2) is 0 Å². The van der Waals surface area contributed by atoms with Crippen LogP contribution in [0.25, 0.3) is 0 Å². The summed E-state index contributed by atoms with van der Waals surface area (Å²) in [7, 11) is -1.72. The monoisotopic (exact) mass is 329 g/mol. The number of benzene rings is 1. The molecule has 6 heteroatoms. The fourth-order valence-corrected chi connectivity index (χ4v) is 6.52. The van der Waals surface area contributed by atoms with Gasteiger partial charge in [0.25, 0.3) is 0 Å². The first-order valence-corrected chi connectivity index (χ1v) is 11.0. The molecule has 0 saturated carbocycles. The third-order valence-electron chi connectivity index (χ3n) is 4.19. The predicted octanol–water partition coefficient (Wildman–Crippen LogP) is 4.03. The Balaban J connectivity index is 2.03. The number of alkyl halides is 3. The second kappa shape index (κ2) is 6.44. The molecule has 0 spiro atoms. The normalized spacial score (nSPS) is 19.5. The summed E-state index contributed by atoms with van der Waals surface area (Å²) >= 11 is 0. The summed E-state index contributed by atoms with van der Waals surface area (Å²) in [6.45, 7) is 4.61. The third kappa shape index (κ3) is 4.35. The van der Waals surface area contributed by atoms with Gasteiger partial charge in [0.1, 0.15) is 0 Å². The van der Waals surface area contributed by atoms with Gasteiger partial charge in [-0.15, -0.1) is 0 Å². The van der Waals surface area contributed by atoms with Crippen molar-refractivity contribution in [2.75, 3.05) is 6.54 Å². The minimum Gasteiger partial charge on any atom is -0.332 e. The Bertz CT molecular complexity index is 516. The highest BCUT2D eigenvalue weighted by molar-refractivity contribution is 6.77. The number of nitrogens with zero attached hydrogens (tertiary/aromatic N) is 1. The summed E-state index contributed by atoms with van der Waals surface area (Å²) in [5.74, 6) is -1.67. The Morgan fingerprint density at radius 2 is 1.91 bits per heavy atom. The lowest BCUT2D eigenvalue weighted by Crippen LogP contribution is -2.47. The molecule has 1 amide bonds. The van der Waals surface area contributed by atoms with Crippen molar-refractivity contribution in [3.05, 3.63) is 35.9 Å². The Morgan fingerprint density at radius 1 is 1.27 bits per heavy atom. The summed E-state index contributed by atoms with van der Waals surface area (Å²) in [6, 6.07) is 11.4. The van der Waals surface area contributed by atoms with E-state index in [9.17, 15) is 18.0 Å². The molecule has 1 heterocycles. The van der Waals surface area contributed by atoms with Gasteiger partial charge in [-0.1, -0.05) is 49.0 Å². The zero-order valence-corrected chi connectivity index (χ0v) is 14.0. The van der Waals surface area contributed by atoms with Gasteiger partial charge in [-0.05, 0) is 24.9 Å². The molecule has 1 unspecified atom stereocenters. The molecule has 1 aliphatic heterocycles. The number of halogens is 3. The molecule has 1 aromatic rings. The highest BCUT2D eigenvalue weighted by Crippen LogP contribution is 2.31. The van der Waals surface area contributed by atoms with E-state index < -0.39 is 20.2 Å².